The second kappa shape index (κ2) is 5.59. The van der Waals surface area contributed by atoms with Crippen molar-refractivity contribution < 1.29 is 4.79 Å². The van der Waals surface area contributed by atoms with E-state index in [0.717, 1.165) is 5.56 Å². The zero-order valence-electron chi connectivity index (χ0n) is 10.5. The zero-order valence-corrected chi connectivity index (χ0v) is 12.0. The minimum atomic E-state index is -0.335. The summed E-state index contributed by atoms with van der Waals surface area (Å²) in [5.74, 6) is 0.288. The van der Waals surface area contributed by atoms with E-state index in [9.17, 15) is 4.79 Å². The first-order chi connectivity index (χ1) is 10.1. The summed E-state index contributed by atoms with van der Waals surface area (Å²) in [4.78, 5) is 18.8. The number of nitrogens with one attached hydrogen (secondary N) is 3. The normalized spacial score (nSPS) is 10.6. The highest BCUT2D eigenvalue weighted by molar-refractivity contribution is 6.41. The molecule has 0 fully saturated rings. The molecule has 3 aromatic rings. The molecule has 2 heterocycles. The topological polar surface area (TPSA) is 86.5 Å². The average molecular weight is 322 g/mol. The number of aromatic nitrogens is 4. The van der Waals surface area contributed by atoms with Crippen molar-refractivity contribution in [3.63, 3.8) is 0 Å². The van der Waals surface area contributed by atoms with Gasteiger partial charge in [0.05, 0.1) is 5.02 Å². The molecule has 0 atom stereocenters. The highest BCUT2D eigenvalue weighted by atomic mass is 35.5. The standard InChI is InChI=1S/C13H9Cl2N5O/c14-9-5-10(19-11(9)15)13(21)18-8-3-1-2-7(4-8)12-16-6-17-20-12/h1-6,19H,(H,18,21)(H,16,17,20). The Balaban J connectivity index is 1.82. The van der Waals surface area contributed by atoms with Crippen LogP contribution >= 0.6 is 23.2 Å². The van der Waals surface area contributed by atoms with Crippen molar-refractivity contribution in [1.82, 2.24) is 20.2 Å². The fourth-order valence-electron chi connectivity index (χ4n) is 1.81. The molecule has 1 aromatic carbocycles. The fraction of sp³-hybridized carbons (Fsp3) is 0. The van der Waals surface area contributed by atoms with Crippen molar-refractivity contribution in [1.29, 1.82) is 0 Å². The Morgan fingerprint density at radius 3 is 2.76 bits per heavy atom. The number of anilines is 1. The molecule has 0 saturated carbocycles. The van der Waals surface area contributed by atoms with E-state index in [0.29, 0.717) is 16.5 Å². The highest BCUT2D eigenvalue weighted by Crippen LogP contribution is 2.23. The largest absolute Gasteiger partial charge is 0.340 e. The van der Waals surface area contributed by atoms with Gasteiger partial charge in [-0.05, 0) is 18.2 Å². The predicted molar refractivity (Wildman–Crippen MR) is 80.6 cm³/mol. The molecule has 0 radical (unpaired) electrons. The smallest absolute Gasteiger partial charge is 0.272 e. The van der Waals surface area contributed by atoms with Gasteiger partial charge in [-0.25, -0.2) is 4.98 Å². The van der Waals surface area contributed by atoms with Gasteiger partial charge in [0.2, 0.25) is 0 Å². The molecule has 3 rings (SSSR count). The van der Waals surface area contributed by atoms with Gasteiger partial charge in [0.25, 0.3) is 5.91 Å². The van der Waals surface area contributed by atoms with Gasteiger partial charge < -0.3 is 10.3 Å². The minimum Gasteiger partial charge on any atom is -0.340 e. The molecule has 8 heteroatoms. The van der Waals surface area contributed by atoms with Crippen molar-refractivity contribution in [2.24, 2.45) is 0 Å². The first kappa shape index (κ1) is 13.7. The van der Waals surface area contributed by atoms with Crippen LogP contribution in [-0.2, 0) is 0 Å². The maximum Gasteiger partial charge on any atom is 0.272 e. The first-order valence-electron chi connectivity index (χ1n) is 5.94. The second-order valence-corrected chi connectivity index (χ2v) is 5.00. The number of amides is 1. The third-order valence-electron chi connectivity index (χ3n) is 2.78. The van der Waals surface area contributed by atoms with Gasteiger partial charge in [-0.15, -0.1) is 0 Å². The second-order valence-electron chi connectivity index (χ2n) is 4.21. The summed E-state index contributed by atoms with van der Waals surface area (Å²) >= 11 is 11.6. The lowest BCUT2D eigenvalue weighted by Crippen LogP contribution is -2.12. The molecule has 0 unspecified atom stereocenters. The Bertz CT molecular complexity index is 762. The number of carbonyl (C=O) groups excluding carboxylic acids is 1. The molecule has 0 saturated heterocycles. The van der Waals surface area contributed by atoms with Crippen LogP contribution in [0.4, 0.5) is 5.69 Å². The third kappa shape index (κ3) is 2.91. The summed E-state index contributed by atoms with van der Waals surface area (Å²) in [5.41, 5.74) is 1.72. The first-order valence-corrected chi connectivity index (χ1v) is 6.70. The lowest BCUT2D eigenvalue weighted by atomic mass is 10.2. The summed E-state index contributed by atoms with van der Waals surface area (Å²) in [6.07, 6.45) is 1.42. The van der Waals surface area contributed by atoms with Gasteiger partial charge in [-0.3, -0.25) is 9.89 Å². The number of hydrogen-bond acceptors (Lipinski definition) is 3. The molecule has 21 heavy (non-hydrogen) atoms. The van der Waals surface area contributed by atoms with Gasteiger partial charge in [0.1, 0.15) is 17.2 Å². The molecule has 106 valence electrons. The number of rotatable bonds is 3. The molecule has 0 bridgehead atoms. The predicted octanol–water partition coefficient (Wildman–Crippen LogP) is 3.36. The van der Waals surface area contributed by atoms with E-state index < -0.39 is 0 Å². The molecule has 0 aliphatic carbocycles. The van der Waals surface area contributed by atoms with Gasteiger partial charge in [0, 0.05) is 11.3 Å². The van der Waals surface area contributed by atoms with Crippen LogP contribution in [0.15, 0.2) is 36.7 Å². The van der Waals surface area contributed by atoms with Crippen molar-refractivity contribution in [3.8, 4) is 11.4 Å². The minimum absolute atomic E-state index is 0.234. The Morgan fingerprint density at radius 1 is 1.24 bits per heavy atom. The Labute approximate surface area is 129 Å². The van der Waals surface area contributed by atoms with Crippen LogP contribution in [0.2, 0.25) is 10.2 Å². The molecular weight excluding hydrogens is 313 g/mol. The number of nitrogens with zero attached hydrogens (tertiary/aromatic N) is 2. The Hall–Kier alpha value is -2.31. The lowest BCUT2D eigenvalue weighted by Gasteiger charge is -2.05. The number of halogens is 2. The SMILES string of the molecule is O=C(Nc1cccc(-c2ncn[nH]2)c1)c1cc(Cl)c(Cl)[nH]1. The Morgan fingerprint density at radius 2 is 2.10 bits per heavy atom. The van der Waals surface area contributed by atoms with E-state index >= 15 is 0 Å². The fourth-order valence-corrected chi connectivity index (χ4v) is 2.13. The van der Waals surface area contributed by atoms with E-state index in [1.165, 1.54) is 12.4 Å². The van der Waals surface area contributed by atoms with Crippen LogP contribution in [0, 0.1) is 0 Å². The summed E-state index contributed by atoms with van der Waals surface area (Å²) in [7, 11) is 0. The number of H-pyrrole nitrogens is 2. The van der Waals surface area contributed by atoms with Crippen LogP contribution in [-0.4, -0.2) is 26.1 Å². The highest BCUT2D eigenvalue weighted by Gasteiger charge is 2.12. The number of carbonyl (C=O) groups is 1. The summed E-state index contributed by atoms with van der Waals surface area (Å²) in [6, 6.07) is 8.69. The van der Waals surface area contributed by atoms with Crippen LogP contribution in [0.3, 0.4) is 0 Å². The maximum atomic E-state index is 12.1. The van der Waals surface area contributed by atoms with Gasteiger partial charge in [-0.1, -0.05) is 35.3 Å². The number of aromatic amines is 2. The molecule has 6 nitrogen and oxygen atoms in total. The molecule has 0 aliphatic heterocycles. The van der Waals surface area contributed by atoms with E-state index in [1.54, 1.807) is 12.1 Å². The Kier molecular flexibility index (Phi) is 3.64. The molecule has 2 aromatic heterocycles. The average Bonchev–Trinajstić information content (AvgIpc) is 3.10. The summed E-state index contributed by atoms with van der Waals surface area (Å²) < 4.78 is 0. The van der Waals surface area contributed by atoms with E-state index in [2.05, 4.69) is 25.5 Å². The quantitative estimate of drug-likeness (QED) is 0.691. The van der Waals surface area contributed by atoms with E-state index in [1.807, 2.05) is 12.1 Å². The van der Waals surface area contributed by atoms with Crippen LogP contribution in [0.25, 0.3) is 11.4 Å². The van der Waals surface area contributed by atoms with Crippen LogP contribution in [0.1, 0.15) is 10.5 Å². The van der Waals surface area contributed by atoms with Gasteiger partial charge in [0.15, 0.2) is 5.82 Å². The third-order valence-corrected chi connectivity index (χ3v) is 3.47. The van der Waals surface area contributed by atoms with Crippen molar-refractivity contribution in [3.05, 3.63) is 52.5 Å². The lowest BCUT2D eigenvalue weighted by molar-refractivity contribution is 0.102. The van der Waals surface area contributed by atoms with Crippen LogP contribution in [0.5, 0.6) is 0 Å². The maximum absolute atomic E-state index is 12.1. The molecule has 1 amide bonds. The number of hydrogen-bond donors (Lipinski definition) is 3. The van der Waals surface area contributed by atoms with Gasteiger partial charge >= 0.3 is 0 Å². The molecule has 0 spiro atoms. The number of benzene rings is 1. The van der Waals surface area contributed by atoms with Crippen molar-refractivity contribution in [2.75, 3.05) is 5.32 Å². The molecule has 3 N–H and O–H groups in total. The van der Waals surface area contributed by atoms with E-state index in [4.69, 9.17) is 23.2 Å². The molecule has 0 aliphatic rings. The van der Waals surface area contributed by atoms with Gasteiger partial charge in [-0.2, -0.15) is 5.10 Å². The zero-order chi connectivity index (χ0) is 14.8. The van der Waals surface area contributed by atoms with Crippen LogP contribution < -0.4 is 5.32 Å². The summed E-state index contributed by atoms with van der Waals surface area (Å²) in [6.45, 7) is 0. The monoisotopic (exact) mass is 321 g/mol. The van der Waals surface area contributed by atoms with Crippen molar-refractivity contribution in [2.45, 2.75) is 0 Å². The van der Waals surface area contributed by atoms with E-state index in [-0.39, 0.29) is 16.8 Å². The van der Waals surface area contributed by atoms with Crippen molar-refractivity contribution >= 4 is 34.8 Å². The summed E-state index contributed by atoms with van der Waals surface area (Å²) in [5, 5.41) is 9.84. The molecular formula is C13H9Cl2N5O.